The number of nitrogens with zero attached hydrogens (tertiary/aromatic N) is 2. The molecule has 15 heavy (non-hydrogen) atoms. The first-order valence-corrected chi connectivity index (χ1v) is 5.75. The van der Waals surface area contributed by atoms with Gasteiger partial charge in [-0.2, -0.15) is 0 Å². The van der Waals surface area contributed by atoms with E-state index in [2.05, 4.69) is 15.3 Å². The first-order chi connectivity index (χ1) is 7.34. The second-order valence-corrected chi connectivity index (χ2v) is 4.73. The fourth-order valence-electron chi connectivity index (χ4n) is 1.17. The molecule has 5 heteroatoms. The molecule has 0 aliphatic heterocycles. The van der Waals surface area contributed by atoms with Crippen LogP contribution < -0.4 is 5.32 Å². The molecule has 0 unspecified atom stereocenters. The SMILES string of the molecule is Clc1cnc(CNCc2ccccn2)s1. The summed E-state index contributed by atoms with van der Waals surface area (Å²) in [7, 11) is 0. The van der Waals surface area contributed by atoms with Gasteiger partial charge in [0.15, 0.2) is 0 Å². The third kappa shape index (κ3) is 3.27. The minimum Gasteiger partial charge on any atom is -0.305 e. The van der Waals surface area contributed by atoms with Gasteiger partial charge in [0.05, 0.1) is 11.9 Å². The normalized spacial score (nSPS) is 10.5. The van der Waals surface area contributed by atoms with Crippen LogP contribution in [0.5, 0.6) is 0 Å². The molecule has 0 fully saturated rings. The van der Waals surface area contributed by atoms with Crippen LogP contribution in [-0.2, 0) is 13.1 Å². The molecule has 0 saturated carbocycles. The summed E-state index contributed by atoms with van der Waals surface area (Å²) >= 11 is 7.27. The number of thiazole rings is 1. The quantitative estimate of drug-likeness (QED) is 0.891. The number of aromatic nitrogens is 2. The molecule has 0 bridgehead atoms. The first kappa shape index (κ1) is 10.5. The predicted octanol–water partition coefficient (Wildman–Crippen LogP) is 2.48. The van der Waals surface area contributed by atoms with E-state index in [0.29, 0.717) is 0 Å². The molecule has 2 aromatic rings. The Morgan fingerprint density at radius 3 is 2.87 bits per heavy atom. The molecule has 0 radical (unpaired) electrons. The highest BCUT2D eigenvalue weighted by Gasteiger charge is 1.99. The molecular weight excluding hydrogens is 230 g/mol. The summed E-state index contributed by atoms with van der Waals surface area (Å²) in [6, 6.07) is 5.87. The topological polar surface area (TPSA) is 37.8 Å². The Morgan fingerprint density at radius 1 is 1.27 bits per heavy atom. The second-order valence-electron chi connectivity index (χ2n) is 2.98. The van der Waals surface area contributed by atoms with Crippen LogP contribution in [0.15, 0.2) is 30.6 Å². The van der Waals surface area contributed by atoms with Crippen molar-refractivity contribution in [1.82, 2.24) is 15.3 Å². The van der Waals surface area contributed by atoms with Gasteiger partial charge in [0, 0.05) is 19.3 Å². The molecule has 2 aromatic heterocycles. The van der Waals surface area contributed by atoms with E-state index in [-0.39, 0.29) is 0 Å². The molecule has 0 amide bonds. The highest BCUT2D eigenvalue weighted by molar-refractivity contribution is 7.15. The number of nitrogens with one attached hydrogen (secondary N) is 1. The van der Waals surface area contributed by atoms with Crippen LogP contribution in [-0.4, -0.2) is 9.97 Å². The van der Waals surface area contributed by atoms with Crippen molar-refractivity contribution in [3.8, 4) is 0 Å². The lowest BCUT2D eigenvalue weighted by Gasteiger charge is -2.00. The zero-order valence-electron chi connectivity index (χ0n) is 7.98. The maximum Gasteiger partial charge on any atom is 0.113 e. The number of rotatable bonds is 4. The molecule has 0 aliphatic rings. The van der Waals surface area contributed by atoms with Gasteiger partial charge in [0.25, 0.3) is 0 Å². The molecule has 0 aromatic carbocycles. The first-order valence-electron chi connectivity index (χ1n) is 4.55. The fraction of sp³-hybridized carbons (Fsp3) is 0.200. The molecule has 2 heterocycles. The maximum atomic E-state index is 5.77. The largest absolute Gasteiger partial charge is 0.305 e. The van der Waals surface area contributed by atoms with Crippen molar-refractivity contribution in [2.24, 2.45) is 0 Å². The number of hydrogen-bond donors (Lipinski definition) is 1. The monoisotopic (exact) mass is 239 g/mol. The number of hydrogen-bond acceptors (Lipinski definition) is 4. The van der Waals surface area contributed by atoms with Gasteiger partial charge in [-0.3, -0.25) is 4.98 Å². The van der Waals surface area contributed by atoms with Gasteiger partial charge >= 0.3 is 0 Å². The summed E-state index contributed by atoms with van der Waals surface area (Å²) in [5, 5.41) is 4.25. The van der Waals surface area contributed by atoms with E-state index >= 15 is 0 Å². The van der Waals surface area contributed by atoms with Crippen LogP contribution in [0.2, 0.25) is 4.34 Å². The van der Waals surface area contributed by atoms with Crippen LogP contribution in [0.1, 0.15) is 10.7 Å². The molecule has 78 valence electrons. The zero-order chi connectivity index (χ0) is 10.5. The third-order valence-corrected chi connectivity index (χ3v) is 2.95. The molecule has 1 N–H and O–H groups in total. The summed E-state index contributed by atoms with van der Waals surface area (Å²) in [4.78, 5) is 8.36. The van der Waals surface area contributed by atoms with Gasteiger partial charge in [-0.15, -0.1) is 11.3 Å². The predicted molar refractivity (Wildman–Crippen MR) is 61.9 cm³/mol. The van der Waals surface area contributed by atoms with Crippen LogP contribution in [0.4, 0.5) is 0 Å². The third-order valence-electron chi connectivity index (χ3n) is 1.83. The summed E-state index contributed by atoms with van der Waals surface area (Å²) in [6.07, 6.45) is 3.46. The van der Waals surface area contributed by atoms with Crippen LogP contribution in [0.3, 0.4) is 0 Å². The summed E-state index contributed by atoms with van der Waals surface area (Å²) in [6.45, 7) is 1.48. The smallest absolute Gasteiger partial charge is 0.113 e. The van der Waals surface area contributed by atoms with Crippen LogP contribution in [0, 0.1) is 0 Å². The van der Waals surface area contributed by atoms with Crippen molar-refractivity contribution in [1.29, 1.82) is 0 Å². The van der Waals surface area contributed by atoms with Gasteiger partial charge in [0.2, 0.25) is 0 Å². The molecular formula is C10H10ClN3S. The molecule has 0 aliphatic carbocycles. The Kier molecular flexibility index (Phi) is 3.66. The van der Waals surface area contributed by atoms with Crippen molar-refractivity contribution in [2.75, 3.05) is 0 Å². The molecule has 0 saturated heterocycles. The van der Waals surface area contributed by atoms with Gasteiger partial charge in [0.1, 0.15) is 9.34 Å². The summed E-state index contributed by atoms with van der Waals surface area (Å²) in [5.41, 5.74) is 1.03. The Morgan fingerprint density at radius 2 is 2.20 bits per heavy atom. The highest BCUT2D eigenvalue weighted by atomic mass is 35.5. The van der Waals surface area contributed by atoms with Crippen molar-refractivity contribution in [3.05, 3.63) is 45.6 Å². The van der Waals surface area contributed by atoms with Gasteiger partial charge in [-0.05, 0) is 12.1 Å². The minimum absolute atomic E-state index is 0.727. The van der Waals surface area contributed by atoms with Gasteiger partial charge < -0.3 is 5.32 Å². The van der Waals surface area contributed by atoms with Gasteiger partial charge in [-0.1, -0.05) is 17.7 Å². The van der Waals surface area contributed by atoms with Crippen molar-refractivity contribution >= 4 is 22.9 Å². The van der Waals surface area contributed by atoms with E-state index in [4.69, 9.17) is 11.6 Å². The van der Waals surface area contributed by atoms with E-state index in [9.17, 15) is 0 Å². The Balaban J connectivity index is 1.80. The molecule has 0 atom stereocenters. The standard InChI is InChI=1S/C10H10ClN3S/c11-9-6-14-10(15-9)7-12-5-8-3-1-2-4-13-8/h1-4,6,12H,5,7H2. The lowest BCUT2D eigenvalue weighted by Crippen LogP contribution is -2.13. The second kappa shape index (κ2) is 5.21. The molecule has 0 spiro atoms. The summed E-state index contributed by atoms with van der Waals surface area (Å²) in [5.74, 6) is 0. The number of pyridine rings is 1. The maximum absolute atomic E-state index is 5.77. The van der Waals surface area contributed by atoms with E-state index in [1.807, 2.05) is 18.2 Å². The Hall–Kier alpha value is -0.970. The lowest BCUT2D eigenvalue weighted by molar-refractivity contribution is 0.677. The minimum atomic E-state index is 0.727. The van der Waals surface area contributed by atoms with E-state index < -0.39 is 0 Å². The Bertz CT molecular complexity index is 416. The van der Waals surface area contributed by atoms with E-state index in [1.165, 1.54) is 11.3 Å². The molecule has 2 rings (SSSR count). The van der Waals surface area contributed by atoms with E-state index in [0.717, 1.165) is 28.1 Å². The molecule has 3 nitrogen and oxygen atoms in total. The zero-order valence-corrected chi connectivity index (χ0v) is 9.55. The van der Waals surface area contributed by atoms with Crippen LogP contribution >= 0.6 is 22.9 Å². The van der Waals surface area contributed by atoms with Gasteiger partial charge in [-0.25, -0.2) is 4.98 Å². The van der Waals surface area contributed by atoms with Crippen molar-refractivity contribution in [3.63, 3.8) is 0 Å². The fourth-order valence-corrected chi connectivity index (χ4v) is 2.10. The average molecular weight is 240 g/mol. The van der Waals surface area contributed by atoms with E-state index in [1.54, 1.807) is 12.4 Å². The average Bonchev–Trinajstić information content (AvgIpc) is 2.66. The van der Waals surface area contributed by atoms with Crippen LogP contribution in [0.25, 0.3) is 0 Å². The van der Waals surface area contributed by atoms with Crippen molar-refractivity contribution in [2.45, 2.75) is 13.1 Å². The number of halogens is 1. The lowest BCUT2D eigenvalue weighted by atomic mass is 10.3. The highest BCUT2D eigenvalue weighted by Crippen LogP contribution is 2.17. The van der Waals surface area contributed by atoms with Crippen molar-refractivity contribution < 1.29 is 0 Å². The Labute approximate surface area is 97.2 Å². The summed E-state index contributed by atoms with van der Waals surface area (Å²) < 4.78 is 0.727.